The number of hydrogen-bond acceptors (Lipinski definition) is 7. The number of amides is 2. The molecule has 0 saturated carbocycles. The molecule has 2 aromatic carbocycles. The van der Waals surface area contributed by atoms with Crippen molar-refractivity contribution in [2.24, 2.45) is 5.92 Å². The van der Waals surface area contributed by atoms with E-state index in [9.17, 15) is 19.1 Å². The molecule has 4 N–H and O–H groups in total. The van der Waals surface area contributed by atoms with Gasteiger partial charge >= 0.3 is 6.09 Å². The minimum absolute atomic E-state index is 0.223. The fourth-order valence-corrected chi connectivity index (χ4v) is 4.59. The highest BCUT2D eigenvalue weighted by Crippen LogP contribution is 2.34. The SMILES string of the molecule is C=CC(=O)NCCCNc1cc2c(Nc3ccc(Br)cc3F)ncnc2cc1OCC1CCN(C(=O)O)CC1. The van der Waals surface area contributed by atoms with Gasteiger partial charge in [-0.1, -0.05) is 22.5 Å². The van der Waals surface area contributed by atoms with Crippen LogP contribution in [0, 0.1) is 11.7 Å². The van der Waals surface area contributed by atoms with E-state index in [1.165, 1.54) is 23.4 Å². The Morgan fingerprint density at radius 1 is 1.18 bits per heavy atom. The number of nitrogens with one attached hydrogen (secondary N) is 3. The predicted octanol–water partition coefficient (Wildman–Crippen LogP) is 5.15. The fourth-order valence-electron chi connectivity index (χ4n) is 4.25. The van der Waals surface area contributed by atoms with Gasteiger partial charge in [0, 0.05) is 42.1 Å². The Morgan fingerprint density at radius 3 is 2.69 bits per heavy atom. The standard InChI is InChI=1S/C27H30BrFN6O4/c1-2-25(36)31-9-3-8-30-23-13-19-22(14-24(23)39-15-17-6-10-35(11-7-17)27(37)38)32-16-33-26(19)34-21-5-4-18(28)12-20(21)29/h2,4-5,12-14,16-17,30H,1,3,6-11,15H2,(H,31,36)(H,37,38)(H,32,33,34). The summed E-state index contributed by atoms with van der Waals surface area (Å²) in [4.78, 5) is 32.8. The van der Waals surface area contributed by atoms with Crippen LogP contribution in [0.5, 0.6) is 5.75 Å². The van der Waals surface area contributed by atoms with E-state index in [2.05, 4.69) is 48.4 Å². The number of fused-ring (bicyclic) bond motifs is 1. The van der Waals surface area contributed by atoms with E-state index in [1.54, 1.807) is 12.1 Å². The molecule has 1 saturated heterocycles. The van der Waals surface area contributed by atoms with Gasteiger partial charge in [0.15, 0.2) is 0 Å². The highest BCUT2D eigenvalue weighted by Gasteiger charge is 2.23. The summed E-state index contributed by atoms with van der Waals surface area (Å²) in [6.07, 6.45) is 3.84. The van der Waals surface area contributed by atoms with Crippen molar-refractivity contribution in [1.82, 2.24) is 20.2 Å². The maximum Gasteiger partial charge on any atom is 0.407 e. The third-order valence-corrected chi connectivity index (χ3v) is 6.93. The lowest BCUT2D eigenvalue weighted by molar-refractivity contribution is -0.116. The highest BCUT2D eigenvalue weighted by atomic mass is 79.9. The molecule has 0 unspecified atom stereocenters. The molecule has 4 rings (SSSR count). The Balaban J connectivity index is 1.54. The summed E-state index contributed by atoms with van der Waals surface area (Å²) < 4.78 is 21.4. The first kappa shape index (κ1) is 28.1. The fraction of sp³-hybridized carbons (Fsp3) is 0.333. The van der Waals surface area contributed by atoms with Crippen molar-refractivity contribution < 1.29 is 23.8 Å². The average molecular weight is 601 g/mol. The lowest BCUT2D eigenvalue weighted by atomic mass is 9.98. The molecular weight excluding hydrogens is 571 g/mol. The van der Waals surface area contributed by atoms with E-state index in [1.807, 2.05) is 12.1 Å². The molecule has 39 heavy (non-hydrogen) atoms. The van der Waals surface area contributed by atoms with Gasteiger partial charge in [-0.25, -0.2) is 19.2 Å². The summed E-state index contributed by atoms with van der Waals surface area (Å²) in [7, 11) is 0. The largest absolute Gasteiger partial charge is 0.491 e. The first-order valence-electron chi connectivity index (χ1n) is 12.6. The van der Waals surface area contributed by atoms with E-state index in [4.69, 9.17) is 4.74 Å². The Kier molecular flexibility index (Phi) is 9.53. The van der Waals surface area contributed by atoms with Gasteiger partial charge in [0.25, 0.3) is 0 Å². The second-order valence-electron chi connectivity index (χ2n) is 9.14. The molecule has 0 atom stereocenters. The van der Waals surface area contributed by atoms with Gasteiger partial charge in [-0.15, -0.1) is 0 Å². The van der Waals surface area contributed by atoms with E-state index in [-0.39, 0.29) is 17.5 Å². The zero-order valence-electron chi connectivity index (χ0n) is 21.3. The first-order chi connectivity index (χ1) is 18.8. The van der Waals surface area contributed by atoms with Crippen molar-refractivity contribution >= 4 is 56.0 Å². The summed E-state index contributed by atoms with van der Waals surface area (Å²) in [5.41, 5.74) is 1.60. The highest BCUT2D eigenvalue weighted by molar-refractivity contribution is 9.10. The van der Waals surface area contributed by atoms with Crippen molar-refractivity contribution in [1.29, 1.82) is 0 Å². The second kappa shape index (κ2) is 13.2. The molecule has 1 aliphatic rings. The topological polar surface area (TPSA) is 129 Å². The normalized spacial score (nSPS) is 13.6. The van der Waals surface area contributed by atoms with E-state index >= 15 is 0 Å². The molecule has 0 aliphatic carbocycles. The smallest absolute Gasteiger partial charge is 0.407 e. The number of halogens is 2. The molecule has 3 aromatic rings. The van der Waals surface area contributed by atoms with Crippen molar-refractivity contribution in [3.05, 3.63) is 59.6 Å². The molecule has 10 nitrogen and oxygen atoms in total. The van der Waals surface area contributed by atoms with Gasteiger partial charge in [-0.3, -0.25) is 4.79 Å². The maximum atomic E-state index is 14.5. The van der Waals surface area contributed by atoms with Crippen LogP contribution in [-0.4, -0.2) is 64.8 Å². The summed E-state index contributed by atoms with van der Waals surface area (Å²) >= 11 is 3.27. The number of likely N-dealkylation sites (tertiary alicyclic amines) is 1. The van der Waals surface area contributed by atoms with Gasteiger partial charge in [0.1, 0.15) is 23.7 Å². The monoisotopic (exact) mass is 600 g/mol. The van der Waals surface area contributed by atoms with Crippen molar-refractivity contribution in [2.45, 2.75) is 19.3 Å². The number of nitrogens with zero attached hydrogens (tertiary/aromatic N) is 3. The van der Waals surface area contributed by atoms with Crippen LogP contribution >= 0.6 is 15.9 Å². The van der Waals surface area contributed by atoms with Crippen molar-refractivity contribution in [3.63, 3.8) is 0 Å². The molecule has 2 heterocycles. The third kappa shape index (κ3) is 7.56. The number of benzene rings is 2. The van der Waals surface area contributed by atoms with Crippen molar-refractivity contribution in [3.8, 4) is 5.75 Å². The van der Waals surface area contributed by atoms with Crippen LogP contribution in [0.15, 0.2) is 53.8 Å². The number of anilines is 3. The number of aromatic nitrogens is 2. The van der Waals surface area contributed by atoms with E-state index in [0.29, 0.717) is 71.8 Å². The van der Waals surface area contributed by atoms with Crippen LogP contribution in [0.2, 0.25) is 0 Å². The van der Waals surface area contributed by atoms with Gasteiger partial charge in [-0.2, -0.15) is 0 Å². The summed E-state index contributed by atoms with van der Waals surface area (Å²) in [6.45, 7) is 5.87. The number of carbonyl (C=O) groups excluding carboxylic acids is 1. The number of piperidine rings is 1. The van der Waals surface area contributed by atoms with Crippen LogP contribution in [-0.2, 0) is 4.79 Å². The minimum Gasteiger partial charge on any atom is -0.491 e. The molecule has 2 amide bonds. The molecule has 1 fully saturated rings. The second-order valence-corrected chi connectivity index (χ2v) is 10.1. The van der Waals surface area contributed by atoms with Gasteiger partial charge in [0.2, 0.25) is 5.91 Å². The molecule has 0 radical (unpaired) electrons. The predicted molar refractivity (Wildman–Crippen MR) is 151 cm³/mol. The first-order valence-corrected chi connectivity index (χ1v) is 13.4. The molecule has 0 spiro atoms. The van der Waals surface area contributed by atoms with Gasteiger partial charge in [0.05, 0.1) is 23.5 Å². The summed E-state index contributed by atoms with van der Waals surface area (Å²) in [5, 5.41) is 19.0. The molecule has 12 heteroatoms. The number of ether oxygens (including phenoxy) is 1. The number of carbonyl (C=O) groups is 2. The van der Waals surface area contributed by atoms with Crippen molar-refractivity contribution in [2.75, 3.05) is 43.4 Å². The lowest BCUT2D eigenvalue weighted by Crippen LogP contribution is -2.38. The van der Waals surface area contributed by atoms with Crippen LogP contribution in [0.4, 0.5) is 26.4 Å². The third-order valence-electron chi connectivity index (χ3n) is 6.43. The summed E-state index contributed by atoms with van der Waals surface area (Å²) in [5.74, 6) is 0.603. The Hall–Kier alpha value is -3.93. The zero-order valence-corrected chi connectivity index (χ0v) is 22.8. The molecule has 206 valence electrons. The molecular formula is C27H30BrFN6O4. The Bertz CT molecular complexity index is 1350. The van der Waals surface area contributed by atoms with E-state index < -0.39 is 11.9 Å². The zero-order chi connectivity index (χ0) is 27.8. The molecule has 1 aromatic heterocycles. The Labute approximate surface area is 233 Å². The Morgan fingerprint density at radius 2 is 1.97 bits per heavy atom. The number of hydrogen-bond donors (Lipinski definition) is 4. The van der Waals surface area contributed by atoms with Gasteiger partial charge < -0.3 is 30.7 Å². The summed E-state index contributed by atoms with van der Waals surface area (Å²) in [6, 6.07) is 8.40. The number of carboxylic acid groups (broad SMARTS) is 1. The molecule has 0 bridgehead atoms. The molecule has 1 aliphatic heterocycles. The van der Waals surface area contributed by atoms with Crippen LogP contribution in [0.1, 0.15) is 19.3 Å². The minimum atomic E-state index is -0.897. The average Bonchev–Trinajstić information content (AvgIpc) is 2.93. The van der Waals surface area contributed by atoms with Crippen LogP contribution in [0.25, 0.3) is 10.9 Å². The van der Waals surface area contributed by atoms with E-state index in [0.717, 1.165) is 12.8 Å². The lowest BCUT2D eigenvalue weighted by Gasteiger charge is -2.30. The maximum absolute atomic E-state index is 14.5. The van der Waals surface area contributed by atoms with Crippen LogP contribution < -0.4 is 20.7 Å². The number of rotatable bonds is 11. The quantitative estimate of drug-likeness (QED) is 0.176. The van der Waals surface area contributed by atoms with Crippen LogP contribution in [0.3, 0.4) is 0 Å². The van der Waals surface area contributed by atoms with Gasteiger partial charge in [-0.05, 0) is 55.5 Å².